The molecule has 0 spiro atoms. The minimum absolute atomic E-state index is 0.144. The summed E-state index contributed by atoms with van der Waals surface area (Å²) in [5, 5.41) is 2.93. The summed E-state index contributed by atoms with van der Waals surface area (Å²) in [7, 11) is -3.72. The van der Waals surface area contributed by atoms with Crippen LogP contribution >= 0.6 is 0 Å². The molecular weight excluding hydrogens is 448 g/mol. The van der Waals surface area contributed by atoms with Crippen LogP contribution in [0.4, 0.5) is 0 Å². The van der Waals surface area contributed by atoms with Crippen LogP contribution in [-0.4, -0.2) is 63.0 Å². The molecule has 9 nitrogen and oxygen atoms in total. The minimum Gasteiger partial charge on any atom is -0.490 e. The highest BCUT2D eigenvalue weighted by Crippen LogP contribution is 2.34. The second-order valence-electron chi connectivity index (χ2n) is 8.91. The van der Waals surface area contributed by atoms with E-state index in [1.54, 1.807) is 13.0 Å². The van der Waals surface area contributed by atoms with Crippen LogP contribution in [0.15, 0.2) is 23.1 Å². The lowest BCUT2D eigenvalue weighted by molar-refractivity contribution is -0.160. The zero-order valence-corrected chi connectivity index (χ0v) is 19.8. The maximum Gasteiger partial charge on any atom is 0.309 e. The molecule has 1 aliphatic carbocycles. The molecule has 1 N–H and O–H groups in total. The maximum atomic E-state index is 13.1. The van der Waals surface area contributed by atoms with E-state index in [1.807, 2.05) is 0 Å². The number of ether oxygens (including phenoxy) is 3. The van der Waals surface area contributed by atoms with E-state index in [0.29, 0.717) is 37.6 Å². The van der Waals surface area contributed by atoms with Crippen LogP contribution < -0.4 is 14.8 Å². The second kappa shape index (κ2) is 10.3. The van der Waals surface area contributed by atoms with Gasteiger partial charge in [0.2, 0.25) is 10.0 Å². The largest absolute Gasteiger partial charge is 0.490 e. The molecule has 0 bridgehead atoms. The monoisotopic (exact) mass is 480 g/mol. The Balaban J connectivity index is 1.31. The van der Waals surface area contributed by atoms with Crippen LogP contribution in [0.25, 0.3) is 0 Å². The lowest BCUT2D eigenvalue weighted by Crippen LogP contribution is -2.43. The van der Waals surface area contributed by atoms with E-state index in [2.05, 4.69) is 5.32 Å². The van der Waals surface area contributed by atoms with Crippen molar-refractivity contribution in [1.29, 1.82) is 0 Å². The Morgan fingerprint density at radius 1 is 1.03 bits per heavy atom. The predicted octanol–water partition coefficient (Wildman–Crippen LogP) is 2.24. The number of benzene rings is 1. The molecule has 33 heavy (non-hydrogen) atoms. The van der Waals surface area contributed by atoms with Gasteiger partial charge >= 0.3 is 5.97 Å². The average Bonchev–Trinajstić information content (AvgIpc) is 3.21. The van der Waals surface area contributed by atoms with Crippen molar-refractivity contribution in [2.24, 2.45) is 5.92 Å². The molecule has 1 unspecified atom stereocenters. The second-order valence-corrected chi connectivity index (χ2v) is 10.8. The van der Waals surface area contributed by atoms with E-state index in [-0.39, 0.29) is 29.9 Å². The number of nitrogens with zero attached hydrogens (tertiary/aromatic N) is 1. The molecule has 4 rings (SSSR count). The molecular formula is C23H32N2O7S. The van der Waals surface area contributed by atoms with Gasteiger partial charge in [-0.25, -0.2) is 8.42 Å². The number of esters is 1. The molecule has 1 atom stereocenters. The Bertz CT molecular complexity index is 967. The van der Waals surface area contributed by atoms with Crippen molar-refractivity contribution in [2.45, 2.75) is 68.9 Å². The fourth-order valence-electron chi connectivity index (χ4n) is 4.50. The van der Waals surface area contributed by atoms with Gasteiger partial charge in [-0.3, -0.25) is 9.59 Å². The first-order valence-electron chi connectivity index (χ1n) is 11.8. The molecule has 2 aliphatic heterocycles. The van der Waals surface area contributed by atoms with Crippen LogP contribution in [0.1, 0.15) is 51.9 Å². The molecule has 2 heterocycles. The Labute approximate surface area is 194 Å². The first-order valence-corrected chi connectivity index (χ1v) is 13.2. The highest BCUT2D eigenvalue weighted by Gasteiger charge is 2.34. The summed E-state index contributed by atoms with van der Waals surface area (Å²) in [6.07, 6.45) is 4.70. The predicted molar refractivity (Wildman–Crippen MR) is 119 cm³/mol. The van der Waals surface area contributed by atoms with Crippen molar-refractivity contribution < 1.29 is 32.2 Å². The number of sulfonamides is 1. The summed E-state index contributed by atoms with van der Waals surface area (Å²) in [5.74, 6) is -0.181. The Morgan fingerprint density at radius 3 is 2.39 bits per heavy atom. The number of rotatable bonds is 6. The molecule has 1 saturated carbocycles. The summed E-state index contributed by atoms with van der Waals surface area (Å²) in [6.45, 7) is 2.99. The van der Waals surface area contributed by atoms with Gasteiger partial charge in [-0.1, -0.05) is 12.8 Å². The lowest BCUT2D eigenvalue weighted by atomic mass is 9.98. The molecule has 3 aliphatic rings. The summed E-state index contributed by atoms with van der Waals surface area (Å²) in [5.41, 5.74) is 0. The first-order chi connectivity index (χ1) is 15.8. The van der Waals surface area contributed by atoms with E-state index in [1.165, 1.54) is 16.4 Å². The van der Waals surface area contributed by atoms with Crippen molar-refractivity contribution in [2.75, 3.05) is 26.3 Å². The topological polar surface area (TPSA) is 111 Å². The molecule has 10 heteroatoms. The molecule has 2 fully saturated rings. The third-order valence-electron chi connectivity index (χ3n) is 6.51. The standard InChI is InChI=1S/C23H32N2O7S/c1-16(22(26)24-18-5-2-3-6-18)32-23(27)17-9-11-25(12-10-17)33(28,29)19-7-8-20-21(15-19)31-14-4-13-30-20/h7-8,15-18H,2-6,9-14H2,1H3,(H,24,26). The first kappa shape index (κ1) is 23.8. The van der Waals surface area contributed by atoms with E-state index in [4.69, 9.17) is 14.2 Å². The van der Waals surface area contributed by atoms with Gasteiger partial charge in [0.15, 0.2) is 17.6 Å². The fraction of sp³-hybridized carbons (Fsp3) is 0.652. The van der Waals surface area contributed by atoms with Gasteiger partial charge in [0.25, 0.3) is 5.91 Å². The van der Waals surface area contributed by atoms with Gasteiger partial charge in [0, 0.05) is 31.6 Å². The van der Waals surface area contributed by atoms with Crippen LogP contribution in [0.5, 0.6) is 11.5 Å². The van der Waals surface area contributed by atoms with E-state index in [9.17, 15) is 18.0 Å². The van der Waals surface area contributed by atoms with Gasteiger partial charge in [0.1, 0.15) is 0 Å². The number of carbonyl (C=O) groups is 2. The van der Waals surface area contributed by atoms with E-state index >= 15 is 0 Å². The zero-order valence-electron chi connectivity index (χ0n) is 19.0. The smallest absolute Gasteiger partial charge is 0.309 e. The van der Waals surface area contributed by atoms with Crippen LogP contribution in [0.3, 0.4) is 0 Å². The van der Waals surface area contributed by atoms with Gasteiger partial charge in [-0.2, -0.15) is 4.31 Å². The van der Waals surface area contributed by atoms with Crippen molar-refractivity contribution in [3.8, 4) is 11.5 Å². The highest BCUT2D eigenvalue weighted by atomic mass is 32.2. The van der Waals surface area contributed by atoms with Crippen LogP contribution in [0, 0.1) is 5.92 Å². The number of hydrogen-bond acceptors (Lipinski definition) is 7. The van der Waals surface area contributed by atoms with Crippen LogP contribution in [0.2, 0.25) is 0 Å². The summed E-state index contributed by atoms with van der Waals surface area (Å²) in [4.78, 5) is 25.0. The third kappa shape index (κ3) is 5.60. The number of hydrogen-bond donors (Lipinski definition) is 1. The fourth-order valence-corrected chi connectivity index (χ4v) is 5.98. The Morgan fingerprint density at radius 2 is 1.70 bits per heavy atom. The summed E-state index contributed by atoms with van der Waals surface area (Å²) in [6, 6.07) is 4.81. The lowest BCUT2D eigenvalue weighted by Gasteiger charge is -2.30. The number of nitrogens with one attached hydrogen (secondary N) is 1. The quantitative estimate of drug-likeness (QED) is 0.622. The maximum absolute atomic E-state index is 13.1. The van der Waals surface area contributed by atoms with Crippen molar-refractivity contribution in [3.05, 3.63) is 18.2 Å². The van der Waals surface area contributed by atoms with Crippen molar-refractivity contribution in [3.63, 3.8) is 0 Å². The normalized spacial score (nSPS) is 21.2. The molecule has 1 saturated heterocycles. The van der Waals surface area contributed by atoms with E-state index in [0.717, 1.165) is 32.1 Å². The molecule has 1 aromatic carbocycles. The van der Waals surface area contributed by atoms with Gasteiger partial charge in [-0.05, 0) is 44.7 Å². The molecule has 182 valence electrons. The van der Waals surface area contributed by atoms with Gasteiger partial charge in [0.05, 0.1) is 24.0 Å². The Kier molecular flexibility index (Phi) is 7.43. The SMILES string of the molecule is CC(OC(=O)C1CCN(S(=O)(=O)c2ccc3c(c2)OCCCO3)CC1)C(=O)NC1CCCC1. The summed E-state index contributed by atoms with van der Waals surface area (Å²) < 4.78 is 44.2. The number of carbonyl (C=O) groups excluding carboxylic acids is 2. The number of piperidine rings is 1. The summed E-state index contributed by atoms with van der Waals surface area (Å²) >= 11 is 0. The number of fused-ring (bicyclic) bond motifs is 1. The zero-order chi connectivity index (χ0) is 23.4. The molecule has 1 amide bonds. The molecule has 1 aromatic rings. The van der Waals surface area contributed by atoms with Gasteiger partial charge < -0.3 is 19.5 Å². The highest BCUT2D eigenvalue weighted by molar-refractivity contribution is 7.89. The minimum atomic E-state index is -3.72. The van der Waals surface area contributed by atoms with Crippen LogP contribution in [-0.2, 0) is 24.3 Å². The van der Waals surface area contributed by atoms with Gasteiger partial charge in [-0.15, -0.1) is 0 Å². The Hall–Kier alpha value is -2.33. The number of amides is 1. The molecule has 0 radical (unpaired) electrons. The van der Waals surface area contributed by atoms with Crippen molar-refractivity contribution >= 4 is 21.9 Å². The average molecular weight is 481 g/mol. The van der Waals surface area contributed by atoms with Crippen molar-refractivity contribution in [1.82, 2.24) is 9.62 Å². The third-order valence-corrected chi connectivity index (χ3v) is 8.40. The van der Waals surface area contributed by atoms with E-state index < -0.39 is 28.0 Å². The molecule has 0 aromatic heterocycles.